The highest BCUT2D eigenvalue weighted by atomic mass is 16.3. The third-order valence-electron chi connectivity index (χ3n) is 2.20. The number of aliphatic hydroxyl groups is 1. The van der Waals surface area contributed by atoms with Crippen molar-refractivity contribution in [3.8, 4) is 0 Å². The monoisotopic (exact) mass is 173 g/mol. The summed E-state index contributed by atoms with van der Waals surface area (Å²) in [7, 11) is 1.87. The Hall–Kier alpha value is -0.610. The van der Waals surface area contributed by atoms with E-state index in [1.54, 1.807) is 0 Å². The van der Waals surface area contributed by atoms with Crippen molar-refractivity contribution in [3.05, 3.63) is 0 Å². The molecule has 12 heavy (non-hydrogen) atoms. The van der Waals surface area contributed by atoms with Gasteiger partial charge in [-0.25, -0.2) is 0 Å². The van der Waals surface area contributed by atoms with E-state index in [2.05, 4.69) is 0 Å². The summed E-state index contributed by atoms with van der Waals surface area (Å²) in [6.07, 6.45) is 0.802. The second-order valence-electron chi connectivity index (χ2n) is 3.08. The average molecular weight is 173 g/mol. The van der Waals surface area contributed by atoms with E-state index in [0.29, 0.717) is 0 Å². The van der Waals surface area contributed by atoms with Crippen molar-refractivity contribution < 1.29 is 5.11 Å². The fourth-order valence-corrected chi connectivity index (χ4v) is 1.16. The van der Waals surface area contributed by atoms with Crippen LogP contribution in [0.4, 0.5) is 0 Å². The zero-order valence-electron chi connectivity index (χ0n) is 8.04. The van der Waals surface area contributed by atoms with Crippen molar-refractivity contribution in [3.63, 3.8) is 0 Å². The van der Waals surface area contributed by atoms with Crippen LogP contribution in [-0.4, -0.2) is 41.6 Å². The van der Waals surface area contributed by atoms with Gasteiger partial charge in [0.1, 0.15) is 5.84 Å². The van der Waals surface area contributed by atoms with Crippen LogP contribution in [0.2, 0.25) is 0 Å². The average Bonchev–Trinajstić information content (AvgIpc) is 2.03. The van der Waals surface area contributed by atoms with Gasteiger partial charge in [0, 0.05) is 6.04 Å². The van der Waals surface area contributed by atoms with E-state index >= 15 is 0 Å². The van der Waals surface area contributed by atoms with Crippen LogP contribution < -0.4 is 5.73 Å². The molecule has 2 atom stereocenters. The number of aliphatic hydroxyl groups excluding tert-OH is 1. The molecular weight excluding hydrogens is 154 g/mol. The third-order valence-corrected chi connectivity index (χ3v) is 2.20. The standard InChI is InChI=1S/C8H19N3O/c1-4-7(8(9)10)11(3)6(2)5-12/h6-7,12H,4-5H2,1-3H3,(H3,9,10). The number of nitrogens with zero attached hydrogens (tertiary/aromatic N) is 1. The zero-order chi connectivity index (χ0) is 9.72. The lowest BCUT2D eigenvalue weighted by Crippen LogP contribution is -2.47. The fourth-order valence-electron chi connectivity index (χ4n) is 1.16. The quantitative estimate of drug-likeness (QED) is 0.405. The summed E-state index contributed by atoms with van der Waals surface area (Å²) in [5, 5.41) is 16.2. The second kappa shape index (κ2) is 5.11. The Morgan fingerprint density at radius 3 is 2.42 bits per heavy atom. The maximum Gasteiger partial charge on any atom is 0.108 e. The van der Waals surface area contributed by atoms with Gasteiger partial charge in [0.2, 0.25) is 0 Å². The summed E-state index contributed by atoms with van der Waals surface area (Å²) in [5.74, 6) is 0.167. The molecule has 0 aliphatic carbocycles. The molecule has 0 radical (unpaired) electrons. The second-order valence-corrected chi connectivity index (χ2v) is 3.08. The fraction of sp³-hybridized carbons (Fsp3) is 0.875. The van der Waals surface area contributed by atoms with E-state index in [-0.39, 0.29) is 24.5 Å². The van der Waals surface area contributed by atoms with E-state index in [1.165, 1.54) is 0 Å². The summed E-state index contributed by atoms with van der Waals surface area (Å²) < 4.78 is 0. The highest BCUT2D eigenvalue weighted by molar-refractivity contribution is 5.82. The predicted octanol–water partition coefficient (Wildman–Crippen LogP) is 0.0136. The van der Waals surface area contributed by atoms with Crippen molar-refractivity contribution >= 4 is 5.84 Å². The molecule has 0 rings (SSSR count). The van der Waals surface area contributed by atoms with Gasteiger partial charge in [0.05, 0.1) is 12.6 Å². The molecule has 0 aromatic rings. The van der Waals surface area contributed by atoms with Crippen LogP contribution in [0, 0.1) is 5.41 Å². The van der Waals surface area contributed by atoms with Crippen LogP contribution in [0.3, 0.4) is 0 Å². The first-order valence-electron chi connectivity index (χ1n) is 4.21. The largest absolute Gasteiger partial charge is 0.395 e. The van der Waals surface area contributed by atoms with Gasteiger partial charge in [-0.1, -0.05) is 6.92 Å². The minimum atomic E-state index is -0.0489. The van der Waals surface area contributed by atoms with Crippen molar-refractivity contribution in [2.75, 3.05) is 13.7 Å². The molecule has 0 bridgehead atoms. The first-order chi connectivity index (χ1) is 5.54. The van der Waals surface area contributed by atoms with Gasteiger partial charge in [-0.05, 0) is 20.4 Å². The lowest BCUT2D eigenvalue weighted by molar-refractivity contribution is 0.141. The van der Waals surface area contributed by atoms with E-state index in [1.807, 2.05) is 25.8 Å². The molecule has 4 N–H and O–H groups in total. The van der Waals surface area contributed by atoms with Crippen LogP contribution in [0.15, 0.2) is 0 Å². The van der Waals surface area contributed by atoms with Crippen LogP contribution in [0.25, 0.3) is 0 Å². The molecule has 0 fully saturated rings. The Balaban J connectivity index is 4.20. The minimum absolute atomic E-state index is 0.0489. The molecule has 2 unspecified atom stereocenters. The lowest BCUT2D eigenvalue weighted by Gasteiger charge is -2.30. The van der Waals surface area contributed by atoms with E-state index < -0.39 is 0 Å². The third kappa shape index (κ3) is 2.79. The van der Waals surface area contributed by atoms with E-state index in [0.717, 1.165) is 6.42 Å². The maximum absolute atomic E-state index is 8.88. The first kappa shape index (κ1) is 11.4. The molecule has 0 saturated heterocycles. The molecule has 4 nitrogen and oxygen atoms in total. The van der Waals surface area contributed by atoms with Gasteiger partial charge < -0.3 is 10.8 Å². The maximum atomic E-state index is 8.88. The van der Waals surface area contributed by atoms with Crippen LogP contribution in [0.5, 0.6) is 0 Å². The molecule has 0 amide bonds. The van der Waals surface area contributed by atoms with Gasteiger partial charge in [-0.15, -0.1) is 0 Å². The molecule has 0 heterocycles. The van der Waals surface area contributed by atoms with E-state index in [9.17, 15) is 0 Å². The highest BCUT2D eigenvalue weighted by Crippen LogP contribution is 2.05. The van der Waals surface area contributed by atoms with E-state index in [4.69, 9.17) is 16.2 Å². The van der Waals surface area contributed by atoms with Gasteiger partial charge in [0.25, 0.3) is 0 Å². The van der Waals surface area contributed by atoms with Crippen LogP contribution in [0.1, 0.15) is 20.3 Å². The molecule has 0 aromatic heterocycles. The minimum Gasteiger partial charge on any atom is -0.395 e. The molecule has 4 heteroatoms. The Kier molecular flexibility index (Phi) is 4.85. The van der Waals surface area contributed by atoms with Crippen molar-refractivity contribution in [1.82, 2.24) is 4.90 Å². The Morgan fingerprint density at radius 2 is 2.17 bits per heavy atom. The van der Waals surface area contributed by atoms with Gasteiger partial charge in [-0.3, -0.25) is 10.3 Å². The highest BCUT2D eigenvalue weighted by Gasteiger charge is 2.19. The Bertz CT molecular complexity index is 149. The SMILES string of the molecule is CCC(C(=N)N)N(C)C(C)CO. The number of likely N-dealkylation sites (N-methyl/N-ethyl adjacent to an activating group) is 1. The zero-order valence-corrected chi connectivity index (χ0v) is 8.04. The number of nitrogens with two attached hydrogens (primary N) is 1. The number of hydrogen-bond donors (Lipinski definition) is 3. The molecule has 0 saturated carbocycles. The van der Waals surface area contributed by atoms with Gasteiger partial charge >= 0.3 is 0 Å². The van der Waals surface area contributed by atoms with Crippen LogP contribution >= 0.6 is 0 Å². The molecule has 0 aliphatic rings. The summed E-state index contributed by atoms with van der Waals surface area (Å²) in [6, 6.07) is 0.00556. The predicted molar refractivity (Wildman–Crippen MR) is 50.3 cm³/mol. The summed E-state index contributed by atoms with van der Waals surface area (Å²) in [5.41, 5.74) is 5.40. The van der Waals surface area contributed by atoms with Crippen molar-refractivity contribution in [2.45, 2.75) is 32.4 Å². The van der Waals surface area contributed by atoms with Gasteiger partial charge in [-0.2, -0.15) is 0 Å². The number of amidine groups is 1. The summed E-state index contributed by atoms with van der Waals surface area (Å²) in [6.45, 7) is 3.98. The molecule has 0 aliphatic heterocycles. The van der Waals surface area contributed by atoms with Crippen molar-refractivity contribution in [2.24, 2.45) is 5.73 Å². The topological polar surface area (TPSA) is 73.3 Å². The Morgan fingerprint density at radius 1 is 1.67 bits per heavy atom. The summed E-state index contributed by atoms with van der Waals surface area (Å²) in [4.78, 5) is 1.92. The molecule has 0 spiro atoms. The molecule has 0 aromatic carbocycles. The number of nitrogens with one attached hydrogen (secondary N) is 1. The Labute approximate surface area is 73.9 Å². The van der Waals surface area contributed by atoms with Gasteiger partial charge in [0.15, 0.2) is 0 Å². The first-order valence-corrected chi connectivity index (χ1v) is 4.21. The molecular formula is C8H19N3O. The molecule has 72 valence electrons. The van der Waals surface area contributed by atoms with Crippen LogP contribution in [-0.2, 0) is 0 Å². The smallest absolute Gasteiger partial charge is 0.108 e. The van der Waals surface area contributed by atoms with Crippen molar-refractivity contribution in [1.29, 1.82) is 5.41 Å². The number of rotatable bonds is 5. The normalized spacial score (nSPS) is 16.1. The summed E-state index contributed by atoms with van der Waals surface area (Å²) >= 11 is 0. The lowest BCUT2D eigenvalue weighted by atomic mass is 10.1. The number of hydrogen-bond acceptors (Lipinski definition) is 3.